The molecule has 0 unspecified atom stereocenters. The maximum atomic E-state index is 13.2. The van der Waals surface area contributed by atoms with Crippen LogP contribution >= 0.6 is 0 Å². The molecule has 0 bridgehead atoms. The number of esters is 1. The third-order valence-electron chi connectivity index (χ3n) is 4.88. The molecule has 7 heteroatoms. The number of carbonyl (C=O) groups excluding carboxylic acids is 2. The number of rotatable bonds is 7. The van der Waals surface area contributed by atoms with Crippen molar-refractivity contribution < 1.29 is 19.2 Å². The number of ketones is 1. The van der Waals surface area contributed by atoms with E-state index >= 15 is 0 Å². The summed E-state index contributed by atoms with van der Waals surface area (Å²) in [6, 6.07) is 18.1. The Morgan fingerprint density at radius 1 is 0.903 bits per heavy atom. The molecule has 1 atom stereocenters. The Balaban J connectivity index is 1.96. The Bertz CT molecular complexity index is 1120. The Hall–Kier alpha value is -4.00. The third-order valence-corrected chi connectivity index (χ3v) is 4.88. The van der Waals surface area contributed by atoms with Gasteiger partial charge in [-0.05, 0) is 26.0 Å². The van der Waals surface area contributed by atoms with E-state index in [-0.39, 0.29) is 22.7 Å². The van der Waals surface area contributed by atoms with Gasteiger partial charge >= 0.3 is 5.97 Å². The first-order valence-corrected chi connectivity index (χ1v) is 9.64. The van der Waals surface area contributed by atoms with E-state index in [1.165, 1.54) is 12.1 Å². The molecule has 0 aliphatic carbocycles. The number of ether oxygens (including phenoxy) is 1. The molecule has 7 nitrogen and oxygen atoms in total. The lowest BCUT2D eigenvalue weighted by Gasteiger charge is -2.18. The standard InChI is InChI=1S/C24H22N2O5/c1-15-4-8-17(9-5-15)22(27)23(18-10-6-16(2)7-11-18)31-24(28)19-12-13-20(25-3)21(14-19)26(29)30/h4-14,23,25H,1-3H3/t23-/m1/s1. The van der Waals surface area contributed by atoms with Gasteiger partial charge in [0.1, 0.15) is 5.69 Å². The van der Waals surface area contributed by atoms with Crippen LogP contribution in [-0.2, 0) is 4.74 Å². The van der Waals surface area contributed by atoms with Gasteiger partial charge in [0, 0.05) is 24.2 Å². The molecule has 31 heavy (non-hydrogen) atoms. The molecule has 0 aliphatic rings. The molecular weight excluding hydrogens is 396 g/mol. The average Bonchev–Trinajstić information content (AvgIpc) is 2.77. The van der Waals surface area contributed by atoms with Gasteiger partial charge in [0.15, 0.2) is 6.10 Å². The first-order valence-electron chi connectivity index (χ1n) is 9.64. The fourth-order valence-electron chi connectivity index (χ4n) is 3.08. The number of nitro benzene ring substituents is 1. The molecule has 3 rings (SSSR count). The Morgan fingerprint density at radius 2 is 1.45 bits per heavy atom. The molecule has 1 N–H and O–H groups in total. The molecule has 158 valence electrons. The Labute approximate surface area is 179 Å². The Kier molecular flexibility index (Phi) is 6.45. The van der Waals surface area contributed by atoms with Gasteiger partial charge in [0.25, 0.3) is 5.69 Å². The van der Waals surface area contributed by atoms with Crippen LogP contribution in [0.5, 0.6) is 0 Å². The average molecular weight is 418 g/mol. The number of anilines is 1. The fourth-order valence-corrected chi connectivity index (χ4v) is 3.08. The zero-order valence-corrected chi connectivity index (χ0v) is 17.4. The van der Waals surface area contributed by atoms with E-state index in [0.717, 1.165) is 17.2 Å². The minimum Gasteiger partial charge on any atom is -0.445 e. The molecule has 0 radical (unpaired) electrons. The number of nitrogens with one attached hydrogen (secondary N) is 1. The highest BCUT2D eigenvalue weighted by Crippen LogP contribution is 2.28. The van der Waals surface area contributed by atoms with E-state index in [4.69, 9.17) is 4.74 Å². The molecule has 0 saturated heterocycles. The number of benzene rings is 3. The van der Waals surface area contributed by atoms with Crippen molar-refractivity contribution in [3.05, 3.63) is 105 Å². The second kappa shape index (κ2) is 9.21. The summed E-state index contributed by atoms with van der Waals surface area (Å²) in [5.41, 5.74) is 2.92. The summed E-state index contributed by atoms with van der Waals surface area (Å²) in [5, 5.41) is 14.0. The fraction of sp³-hybridized carbons (Fsp3) is 0.167. The van der Waals surface area contributed by atoms with E-state index in [0.29, 0.717) is 11.1 Å². The predicted octanol–water partition coefficient (Wildman–Crippen LogP) is 5.03. The van der Waals surface area contributed by atoms with Crippen molar-refractivity contribution in [1.82, 2.24) is 0 Å². The van der Waals surface area contributed by atoms with Crippen molar-refractivity contribution >= 4 is 23.1 Å². The van der Waals surface area contributed by atoms with Gasteiger partial charge < -0.3 is 10.1 Å². The lowest BCUT2D eigenvalue weighted by Crippen LogP contribution is -2.20. The number of aryl methyl sites for hydroxylation is 2. The maximum absolute atomic E-state index is 13.2. The summed E-state index contributed by atoms with van der Waals surface area (Å²) in [6.07, 6.45) is -1.18. The number of carbonyl (C=O) groups is 2. The van der Waals surface area contributed by atoms with Crippen molar-refractivity contribution in [2.24, 2.45) is 0 Å². The monoisotopic (exact) mass is 418 g/mol. The van der Waals surface area contributed by atoms with Crippen LogP contribution in [0.25, 0.3) is 0 Å². The van der Waals surface area contributed by atoms with E-state index in [9.17, 15) is 19.7 Å². The molecule has 0 saturated carbocycles. The summed E-state index contributed by atoms with van der Waals surface area (Å²) in [7, 11) is 1.55. The van der Waals surface area contributed by atoms with Gasteiger partial charge in [-0.1, -0.05) is 59.7 Å². The van der Waals surface area contributed by atoms with Crippen LogP contribution in [0.1, 0.15) is 43.5 Å². The van der Waals surface area contributed by atoms with Gasteiger partial charge in [-0.25, -0.2) is 4.79 Å². The molecule has 0 heterocycles. The van der Waals surface area contributed by atoms with Crippen molar-refractivity contribution in [3.63, 3.8) is 0 Å². The molecule has 0 aliphatic heterocycles. The predicted molar refractivity (Wildman–Crippen MR) is 117 cm³/mol. The molecule has 0 aromatic heterocycles. The van der Waals surface area contributed by atoms with Crippen molar-refractivity contribution in [2.75, 3.05) is 12.4 Å². The van der Waals surface area contributed by atoms with Gasteiger partial charge in [-0.2, -0.15) is 0 Å². The molecule has 3 aromatic carbocycles. The summed E-state index contributed by atoms with van der Waals surface area (Å²) in [5.74, 6) is -1.20. The molecule has 3 aromatic rings. The van der Waals surface area contributed by atoms with Gasteiger partial charge in [0.05, 0.1) is 10.5 Å². The van der Waals surface area contributed by atoms with Crippen LogP contribution in [0.4, 0.5) is 11.4 Å². The van der Waals surface area contributed by atoms with Crippen LogP contribution in [0.3, 0.4) is 0 Å². The lowest BCUT2D eigenvalue weighted by molar-refractivity contribution is -0.384. The first kappa shape index (κ1) is 21.7. The maximum Gasteiger partial charge on any atom is 0.339 e. The minimum absolute atomic E-state index is 0.0143. The highest BCUT2D eigenvalue weighted by Gasteiger charge is 2.28. The zero-order chi connectivity index (χ0) is 22.5. The normalized spacial score (nSPS) is 11.5. The second-order valence-corrected chi connectivity index (χ2v) is 7.17. The van der Waals surface area contributed by atoms with Gasteiger partial charge in [-0.3, -0.25) is 14.9 Å². The SMILES string of the molecule is CNc1ccc(C(=O)O[C@@H](C(=O)c2ccc(C)cc2)c2ccc(C)cc2)cc1[N+](=O)[O-]. The Morgan fingerprint density at radius 3 is 2.00 bits per heavy atom. The smallest absolute Gasteiger partial charge is 0.339 e. The summed E-state index contributed by atoms with van der Waals surface area (Å²) in [6.45, 7) is 3.82. The van der Waals surface area contributed by atoms with Crippen molar-refractivity contribution in [1.29, 1.82) is 0 Å². The van der Waals surface area contributed by atoms with Gasteiger partial charge in [0.2, 0.25) is 5.78 Å². The van der Waals surface area contributed by atoms with Crippen LogP contribution < -0.4 is 5.32 Å². The number of nitrogens with zero attached hydrogens (tertiary/aromatic N) is 1. The number of hydrogen-bond donors (Lipinski definition) is 1. The van der Waals surface area contributed by atoms with E-state index in [2.05, 4.69) is 5.32 Å². The van der Waals surface area contributed by atoms with Crippen molar-refractivity contribution in [2.45, 2.75) is 20.0 Å². The minimum atomic E-state index is -1.18. The molecular formula is C24H22N2O5. The summed E-state index contributed by atoms with van der Waals surface area (Å²) in [4.78, 5) is 36.8. The van der Waals surface area contributed by atoms with E-state index < -0.39 is 17.0 Å². The third kappa shape index (κ3) is 4.95. The molecule has 0 amide bonds. The van der Waals surface area contributed by atoms with Gasteiger partial charge in [-0.15, -0.1) is 0 Å². The highest BCUT2D eigenvalue weighted by atomic mass is 16.6. The van der Waals surface area contributed by atoms with E-state index in [1.807, 2.05) is 26.0 Å². The quantitative estimate of drug-likeness (QED) is 0.250. The van der Waals surface area contributed by atoms with Crippen LogP contribution in [-0.4, -0.2) is 23.7 Å². The molecule has 0 spiro atoms. The van der Waals surface area contributed by atoms with Crippen LogP contribution in [0, 0.1) is 24.0 Å². The summed E-state index contributed by atoms with van der Waals surface area (Å²) >= 11 is 0. The van der Waals surface area contributed by atoms with Crippen LogP contribution in [0.2, 0.25) is 0 Å². The molecule has 0 fully saturated rings. The number of hydrogen-bond acceptors (Lipinski definition) is 6. The highest BCUT2D eigenvalue weighted by molar-refractivity contribution is 6.02. The second-order valence-electron chi connectivity index (χ2n) is 7.17. The van der Waals surface area contributed by atoms with E-state index in [1.54, 1.807) is 43.4 Å². The topological polar surface area (TPSA) is 98.5 Å². The summed E-state index contributed by atoms with van der Waals surface area (Å²) < 4.78 is 5.59. The zero-order valence-electron chi connectivity index (χ0n) is 17.4. The van der Waals surface area contributed by atoms with Crippen LogP contribution in [0.15, 0.2) is 66.7 Å². The largest absolute Gasteiger partial charge is 0.445 e. The first-order chi connectivity index (χ1) is 14.8. The number of Topliss-reactive ketones (excluding diaryl/α,β-unsaturated/α-hetero) is 1. The number of nitro groups is 1. The lowest BCUT2D eigenvalue weighted by atomic mass is 9.98. The van der Waals surface area contributed by atoms with Crippen molar-refractivity contribution in [3.8, 4) is 0 Å².